The van der Waals surface area contributed by atoms with Gasteiger partial charge in [-0.1, -0.05) is 213 Å². The molecule has 0 amide bonds. The van der Waals surface area contributed by atoms with Gasteiger partial charge in [-0.15, -0.1) is 0 Å². The quantitative estimate of drug-likeness (QED) is 0.0736. The van der Waals surface area contributed by atoms with Crippen molar-refractivity contribution >= 4 is 80.2 Å². The summed E-state index contributed by atoms with van der Waals surface area (Å²) < 4.78 is 0. The van der Waals surface area contributed by atoms with E-state index in [1.54, 1.807) is 12.1 Å². The number of carbonyl (C=O) groups excluding carboxylic acids is 1. The molecular formula is C71H51N5O. The molecule has 6 nitrogen and oxygen atoms in total. The SMILES string of the molecule is C=Cc1cc(-c2ccc(-c3cc(CN=C(N=C(N=C)c4ccc5ccccc5c4)c4ccc5ccccc5c4)cc(-c4ccc(-c5cnc6ccccc6n5)cc4)c3)cc2)c2ccccc2c1C=C.O=Cc1ccccc1. The first-order valence-electron chi connectivity index (χ1n) is 25.4. The number of aliphatic imine (C=N–C) groups is 3. The first-order chi connectivity index (χ1) is 37.9. The van der Waals surface area contributed by atoms with Gasteiger partial charge in [0.05, 0.1) is 29.5 Å². The number of carbonyl (C=O) groups is 1. The molecule has 11 aromatic carbocycles. The topological polar surface area (TPSA) is 79.9 Å². The lowest BCUT2D eigenvalue weighted by Crippen LogP contribution is -2.06. The lowest BCUT2D eigenvalue weighted by atomic mass is 9.90. The predicted molar refractivity (Wildman–Crippen MR) is 325 cm³/mol. The standard InChI is InChI=1S/C64H45N5.C7H6O/c1-4-43-39-59(58-19-11-10-18-57(58)56(43)5-2)48-28-22-46(23-29-48)54-34-42(35-55(38-54)47-24-30-49(31-25-47)62-41-66-60-20-12-13-21-61(60)68-62)40-67-64(53-33-27-45-15-7-9-17-51(45)37-53)69-63(65-3)52-32-26-44-14-6-8-16-50(44)36-52;8-6-7-4-2-1-3-5-7/h4-39,41H,1-3,40H2;1-6H. The highest BCUT2D eigenvalue weighted by molar-refractivity contribution is 6.14. The molecule has 77 heavy (non-hydrogen) atoms. The van der Waals surface area contributed by atoms with Gasteiger partial charge < -0.3 is 0 Å². The minimum atomic E-state index is 0.365. The van der Waals surface area contributed by atoms with Gasteiger partial charge in [0.1, 0.15) is 6.29 Å². The number of nitrogens with zero attached hydrogens (tertiary/aromatic N) is 5. The van der Waals surface area contributed by atoms with Crippen LogP contribution in [0, 0.1) is 0 Å². The van der Waals surface area contributed by atoms with Crippen LogP contribution in [0.2, 0.25) is 0 Å². The second-order valence-electron chi connectivity index (χ2n) is 18.6. The van der Waals surface area contributed by atoms with Crippen LogP contribution in [0.1, 0.15) is 38.2 Å². The molecule has 0 fully saturated rings. The summed E-state index contributed by atoms with van der Waals surface area (Å²) in [6.07, 6.45) is 6.51. The Morgan fingerprint density at radius 2 is 1.01 bits per heavy atom. The highest BCUT2D eigenvalue weighted by atomic mass is 16.1. The van der Waals surface area contributed by atoms with E-state index < -0.39 is 0 Å². The molecule has 366 valence electrons. The van der Waals surface area contributed by atoms with Crippen LogP contribution in [-0.2, 0) is 6.54 Å². The summed E-state index contributed by atoms with van der Waals surface area (Å²) in [6.45, 7) is 12.6. The third-order valence-electron chi connectivity index (χ3n) is 13.8. The minimum absolute atomic E-state index is 0.365. The lowest BCUT2D eigenvalue weighted by molar-refractivity contribution is 0.112. The maximum Gasteiger partial charge on any atom is 0.161 e. The van der Waals surface area contributed by atoms with Crippen LogP contribution in [0.3, 0.4) is 0 Å². The summed E-state index contributed by atoms with van der Waals surface area (Å²) in [5, 5.41) is 6.83. The number of rotatable bonds is 11. The Labute approximate surface area is 448 Å². The van der Waals surface area contributed by atoms with Crippen molar-refractivity contribution in [2.24, 2.45) is 15.0 Å². The monoisotopic (exact) mass is 989 g/mol. The summed E-state index contributed by atoms with van der Waals surface area (Å²) >= 11 is 0. The molecule has 1 aromatic heterocycles. The second-order valence-corrected chi connectivity index (χ2v) is 18.6. The van der Waals surface area contributed by atoms with Crippen LogP contribution in [0.4, 0.5) is 0 Å². The molecule has 6 heteroatoms. The minimum Gasteiger partial charge on any atom is -0.298 e. The van der Waals surface area contributed by atoms with E-state index in [4.69, 9.17) is 15.0 Å². The Morgan fingerprint density at radius 3 is 1.61 bits per heavy atom. The third kappa shape index (κ3) is 10.7. The smallest absolute Gasteiger partial charge is 0.161 e. The predicted octanol–water partition coefficient (Wildman–Crippen LogP) is 17.6. The highest BCUT2D eigenvalue weighted by Crippen LogP contribution is 2.37. The molecule has 0 saturated heterocycles. The van der Waals surface area contributed by atoms with Crippen molar-refractivity contribution in [2.75, 3.05) is 0 Å². The Morgan fingerprint density at radius 1 is 0.468 bits per heavy atom. The van der Waals surface area contributed by atoms with E-state index in [-0.39, 0.29) is 0 Å². The fourth-order valence-electron chi connectivity index (χ4n) is 9.78. The zero-order chi connectivity index (χ0) is 52.5. The van der Waals surface area contributed by atoms with Gasteiger partial charge in [0.2, 0.25) is 0 Å². The number of amidine groups is 2. The van der Waals surface area contributed by atoms with Crippen molar-refractivity contribution in [2.45, 2.75) is 6.54 Å². The number of aromatic nitrogens is 2. The summed E-state index contributed by atoms with van der Waals surface area (Å²) in [5.74, 6) is 1.08. The molecular weight excluding hydrogens is 939 g/mol. The zero-order valence-electron chi connectivity index (χ0n) is 42.3. The average Bonchev–Trinajstić information content (AvgIpc) is 3.51. The number of fused-ring (bicyclic) bond motifs is 4. The molecule has 0 aliphatic carbocycles. The van der Waals surface area contributed by atoms with Crippen LogP contribution in [0.5, 0.6) is 0 Å². The van der Waals surface area contributed by atoms with Crippen LogP contribution in [0.25, 0.3) is 100 Å². The van der Waals surface area contributed by atoms with Gasteiger partial charge in [-0.3, -0.25) is 14.8 Å². The van der Waals surface area contributed by atoms with E-state index in [2.05, 4.69) is 194 Å². The van der Waals surface area contributed by atoms with Gasteiger partial charge in [-0.05, 0) is 138 Å². The summed E-state index contributed by atoms with van der Waals surface area (Å²) in [5.41, 5.74) is 15.8. The van der Waals surface area contributed by atoms with Gasteiger partial charge >= 0.3 is 0 Å². The van der Waals surface area contributed by atoms with E-state index >= 15 is 0 Å². The maximum atomic E-state index is 10.0. The first-order valence-corrected chi connectivity index (χ1v) is 25.4. The Balaban J connectivity index is 0.000000724. The summed E-state index contributed by atoms with van der Waals surface area (Å²) in [6, 6.07) is 81.1. The van der Waals surface area contributed by atoms with Crippen molar-refractivity contribution in [3.63, 3.8) is 0 Å². The molecule has 1 heterocycles. The van der Waals surface area contributed by atoms with E-state index in [0.29, 0.717) is 18.2 Å². The number of hydrogen-bond donors (Lipinski definition) is 0. The van der Waals surface area contributed by atoms with Gasteiger partial charge in [0, 0.05) is 22.3 Å². The van der Waals surface area contributed by atoms with Crippen LogP contribution >= 0.6 is 0 Å². The molecule has 12 aromatic rings. The largest absolute Gasteiger partial charge is 0.298 e. The molecule has 0 spiro atoms. The van der Waals surface area contributed by atoms with Crippen LogP contribution < -0.4 is 0 Å². The van der Waals surface area contributed by atoms with Gasteiger partial charge in [0.15, 0.2) is 11.7 Å². The molecule has 0 atom stereocenters. The number of hydrogen-bond acceptors (Lipinski definition) is 4. The Bertz CT molecular complexity index is 4250. The third-order valence-corrected chi connectivity index (χ3v) is 13.8. The normalized spacial score (nSPS) is 11.5. The van der Waals surface area contributed by atoms with Crippen LogP contribution in [-0.4, -0.2) is 34.6 Å². The highest BCUT2D eigenvalue weighted by Gasteiger charge is 2.14. The number of para-hydroxylation sites is 2. The van der Waals surface area contributed by atoms with Gasteiger partial charge in [-0.2, -0.15) is 0 Å². The molecule has 0 radical (unpaired) electrons. The lowest BCUT2D eigenvalue weighted by Gasteiger charge is -2.14. The Kier molecular flexibility index (Phi) is 14.3. The fraction of sp³-hybridized carbons (Fsp3) is 0.0141. The molecule has 0 aliphatic rings. The number of benzene rings is 11. The molecule has 0 aliphatic heterocycles. The van der Waals surface area contributed by atoms with Crippen molar-refractivity contribution < 1.29 is 4.79 Å². The van der Waals surface area contributed by atoms with E-state index in [0.717, 1.165) is 122 Å². The number of aldehydes is 1. The van der Waals surface area contributed by atoms with E-state index in [1.165, 1.54) is 5.39 Å². The molecule has 0 unspecified atom stereocenters. The van der Waals surface area contributed by atoms with Crippen molar-refractivity contribution in [3.05, 3.63) is 289 Å². The van der Waals surface area contributed by atoms with Crippen LogP contribution in [0.15, 0.2) is 271 Å². The van der Waals surface area contributed by atoms with Crippen molar-refractivity contribution in [1.82, 2.24) is 9.97 Å². The molecule has 0 saturated carbocycles. The van der Waals surface area contributed by atoms with Crippen molar-refractivity contribution in [3.8, 4) is 44.6 Å². The maximum absolute atomic E-state index is 10.0. The average molecular weight is 990 g/mol. The summed E-state index contributed by atoms with van der Waals surface area (Å²) in [7, 11) is 0. The van der Waals surface area contributed by atoms with E-state index in [1.807, 2.05) is 79.0 Å². The van der Waals surface area contributed by atoms with Gasteiger partial charge in [0.25, 0.3) is 0 Å². The Hall–Kier alpha value is -10.3. The molecule has 0 bridgehead atoms. The molecule has 0 N–H and O–H groups in total. The van der Waals surface area contributed by atoms with Gasteiger partial charge in [-0.25, -0.2) is 15.0 Å². The van der Waals surface area contributed by atoms with E-state index in [9.17, 15) is 4.79 Å². The fourth-order valence-corrected chi connectivity index (χ4v) is 9.78. The summed E-state index contributed by atoms with van der Waals surface area (Å²) in [4.78, 5) is 34.6. The second kappa shape index (κ2) is 22.4. The molecule has 12 rings (SSSR count). The first kappa shape index (κ1) is 48.9. The van der Waals surface area contributed by atoms with Crippen molar-refractivity contribution in [1.29, 1.82) is 0 Å². The zero-order valence-corrected chi connectivity index (χ0v) is 42.3.